The molecule has 0 fully saturated rings. The molecule has 1 aromatic carbocycles. The van der Waals surface area contributed by atoms with Crippen LogP contribution in [0, 0.1) is 0 Å². The zero-order valence-electron chi connectivity index (χ0n) is 7.08. The SMILES string of the molecule is O=CNCc1c[nH]c2ccccc12. The number of rotatable bonds is 3. The lowest BCUT2D eigenvalue weighted by Crippen LogP contribution is -2.08. The van der Waals surface area contributed by atoms with Crippen LogP contribution in [-0.2, 0) is 11.3 Å². The molecule has 0 bridgehead atoms. The number of amides is 1. The number of fused-ring (bicyclic) bond motifs is 1. The Morgan fingerprint density at radius 2 is 2.23 bits per heavy atom. The van der Waals surface area contributed by atoms with E-state index in [1.54, 1.807) is 0 Å². The summed E-state index contributed by atoms with van der Waals surface area (Å²) >= 11 is 0. The van der Waals surface area contributed by atoms with Crippen molar-refractivity contribution in [2.24, 2.45) is 0 Å². The van der Waals surface area contributed by atoms with Gasteiger partial charge in [-0.25, -0.2) is 0 Å². The molecule has 13 heavy (non-hydrogen) atoms. The summed E-state index contributed by atoms with van der Waals surface area (Å²) in [6, 6.07) is 8.02. The highest BCUT2D eigenvalue weighted by Crippen LogP contribution is 2.16. The van der Waals surface area contributed by atoms with Gasteiger partial charge < -0.3 is 10.3 Å². The van der Waals surface area contributed by atoms with E-state index < -0.39 is 0 Å². The standard InChI is InChI=1S/C10H10N2O/c13-7-11-5-8-6-12-10-4-2-1-3-9(8)10/h1-4,6-7,12H,5H2,(H,11,13). The van der Waals surface area contributed by atoms with Crippen LogP contribution in [0.3, 0.4) is 0 Å². The minimum atomic E-state index is 0.577. The second kappa shape index (κ2) is 3.31. The summed E-state index contributed by atoms with van der Waals surface area (Å²) in [5.41, 5.74) is 2.22. The maximum Gasteiger partial charge on any atom is 0.207 e. The number of para-hydroxylation sites is 1. The molecule has 0 saturated heterocycles. The third-order valence-corrected chi connectivity index (χ3v) is 2.05. The quantitative estimate of drug-likeness (QED) is 0.679. The van der Waals surface area contributed by atoms with Crippen LogP contribution in [0.5, 0.6) is 0 Å². The second-order valence-corrected chi connectivity index (χ2v) is 2.86. The number of H-pyrrole nitrogens is 1. The van der Waals surface area contributed by atoms with E-state index >= 15 is 0 Å². The summed E-state index contributed by atoms with van der Waals surface area (Å²) in [5, 5.41) is 3.81. The zero-order chi connectivity index (χ0) is 9.10. The van der Waals surface area contributed by atoms with Crippen molar-refractivity contribution in [3.63, 3.8) is 0 Å². The molecule has 1 aromatic heterocycles. The van der Waals surface area contributed by atoms with Gasteiger partial charge in [0, 0.05) is 23.6 Å². The smallest absolute Gasteiger partial charge is 0.207 e. The first kappa shape index (κ1) is 7.86. The molecule has 2 N–H and O–H groups in total. The van der Waals surface area contributed by atoms with Crippen LogP contribution in [0.25, 0.3) is 10.9 Å². The van der Waals surface area contributed by atoms with Crippen LogP contribution in [0.4, 0.5) is 0 Å². The normalized spacial score (nSPS) is 10.2. The maximum atomic E-state index is 10.1. The Balaban J connectivity index is 2.40. The van der Waals surface area contributed by atoms with E-state index in [9.17, 15) is 4.79 Å². The summed E-state index contributed by atoms with van der Waals surface area (Å²) in [6.07, 6.45) is 2.63. The van der Waals surface area contributed by atoms with Crippen molar-refractivity contribution >= 4 is 17.3 Å². The highest BCUT2D eigenvalue weighted by Gasteiger charge is 2.00. The zero-order valence-corrected chi connectivity index (χ0v) is 7.08. The molecule has 0 atom stereocenters. The van der Waals surface area contributed by atoms with Gasteiger partial charge in [0.2, 0.25) is 6.41 Å². The predicted octanol–water partition coefficient (Wildman–Crippen LogP) is 1.41. The monoisotopic (exact) mass is 174 g/mol. The first-order valence-corrected chi connectivity index (χ1v) is 4.14. The van der Waals surface area contributed by atoms with E-state index in [1.807, 2.05) is 30.5 Å². The van der Waals surface area contributed by atoms with E-state index in [0.29, 0.717) is 13.0 Å². The van der Waals surface area contributed by atoms with Crippen molar-refractivity contribution in [1.29, 1.82) is 0 Å². The fourth-order valence-corrected chi connectivity index (χ4v) is 1.43. The summed E-state index contributed by atoms with van der Waals surface area (Å²) in [4.78, 5) is 13.3. The Hall–Kier alpha value is -1.77. The van der Waals surface area contributed by atoms with Crippen LogP contribution in [0.2, 0.25) is 0 Å². The average Bonchev–Trinajstić information content (AvgIpc) is 2.58. The number of benzene rings is 1. The molecule has 0 aliphatic rings. The van der Waals surface area contributed by atoms with Crippen LogP contribution in [-0.4, -0.2) is 11.4 Å². The molecule has 1 amide bonds. The minimum absolute atomic E-state index is 0.577. The van der Waals surface area contributed by atoms with E-state index in [-0.39, 0.29) is 0 Å². The third kappa shape index (κ3) is 1.40. The molecular formula is C10H10N2O. The Morgan fingerprint density at radius 3 is 3.08 bits per heavy atom. The first-order chi connectivity index (χ1) is 6.42. The molecule has 0 aliphatic heterocycles. The van der Waals surface area contributed by atoms with Gasteiger partial charge in [-0.15, -0.1) is 0 Å². The van der Waals surface area contributed by atoms with Crippen molar-refractivity contribution in [1.82, 2.24) is 10.3 Å². The lowest BCUT2D eigenvalue weighted by atomic mass is 10.2. The van der Waals surface area contributed by atoms with E-state index in [0.717, 1.165) is 16.5 Å². The molecule has 66 valence electrons. The van der Waals surface area contributed by atoms with Crippen LogP contribution in [0.15, 0.2) is 30.5 Å². The van der Waals surface area contributed by atoms with Gasteiger partial charge in [0.25, 0.3) is 0 Å². The van der Waals surface area contributed by atoms with Gasteiger partial charge in [-0.3, -0.25) is 4.79 Å². The van der Waals surface area contributed by atoms with Crippen molar-refractivity contribution in [2.45, 2.75) is 6.54 Å². The van der Waals surface area contributed by atoms with Crippen LogP contribution < -0.4 is 5.32 Å². The van der Waals surface area contributed by atoms with Crippen molar-refractivity contribution in [2.75, 3.05) is 0 Å². The van der Waals surface area contributed by atoms with Gasteiger partial charge in [-0.1, -0.05) is 18.2 Å². The number of carbonyl (C=O) groups excluding carboxylic acids is 1. The fourth-order valence-electron chi connectivity index (χ4n) is 1.43. The number of carbonyl (C=O) groups is 1. The molecule has 0 radical (unpaired) electrons. The molecule has 0 aliphatic carbocycles. The van der Waals surface area contributed by atoms with Crippen LogP contribution >= 0.6 is 0 Å². The Kier molecular flexibility index (Phi) is 2.00. The van der Waals surface area contributed by atoms with Gasteiger partial charge in [-0.2, -0.15) is 0 Å². The first-order valence-electron chi connectivity index (χ1n) is 4.14. The molecule has 3 heteroatoms. The van der Waals surface area contributed by atoms with Gasteiger partial charge in [0.1, 0.15) is 0 Å². The van der Waals surface area contributed by atoms with Gasteiger partial charge in [0.05, 0.1) is 0 Å². The fraction of sp³-hybridized carbons (Fsp3) is 0.100. The number of aromatic amines is 1. The molecule has 0 saturated carbocycles. The minimum Gasteiger partial charge on any atom is -0.361 e. The Labute approximate surface area is 75.8 Å². The van der Waals surface area contributed by atoms with Crippen molar-refractivity contribution < 1.29 is 4.79 Å². The number of nitrogens with one attached hydrogen (secondary N) is 2. The lowest BCUT2D eigenvalue weighted by molar-refractivity contribution is -0.109. The maximum absolute atomic E-state index is 10.1. The lowest BCUT2D eigenvalue weighted by Gasteiger charge is -1.95. The highest BCUT2D eigenvalue weighted by molar-refractivity contribution is 5.83. The Morgan fingerprint density at radius 1 is 1.38 bits per heavy atom. The molecule has 3 nitrogen and oxygen atoms in total. The predicted molar refractivity (Wildman–Crippen MR) is 51.2 cm³/mol. The van der Waals surface area contributed by atoms with Crippen molar-refractivity contribution in [3.8, 4) is 0 Å². The number of hydrogen-bond donors (Lipinski definition) is 2. The summed E-state index contributed by atoms with van der Waals surface area (Å²) < 4.78 is 0. The third-order valence-electron chi connectivity index (χ3n) is 2.05. The topological polar surface area (TPSA) is 44.9 Å². The van der Waals surface area contributed by atoms with Crippen LogP contribution in [0.1, 0.15) is 5.56 Å². The molecule has 2 aromatic rings. The van der Waals surface area contributed by atoms with Gasteiger partial charge >= 0.3 is 0 Å². The van der Waals surface area contributed by atoms with E-state index in [1.165, 1.54) is 0 Å². The van der Waals surface area contributed by atoms with E-state index in [4.69, 9.17) is 0 Å². The Bertz CT molecular complexity index is 420. The van der Waals surface area contributed by atoms with Gasteiger partial charge in [0.15, 0.2) is 0 Å². The molecule has 0 unspecified atom stereocenters. The molecule has 2 rings (SSSR count). The largest absolute Gasteiger partial charge is 0.361 e. The average molecular weight is 174 g/mol. The van der Waals surface area contributed by atoms with Gasteiger partial charge in [-0.05, 0) is 11.6 Å². The number of aromatic nitrogens is 1. The van der Waals surface area contributed by atoms with Crippen molar-refractivity contribution in [3.05, 3.63) is 36.0 Å². The second-order valence-electron chi connectivity index (χ2n) is 2.86. The highest BCUT2D eigenvalue weighted by atomic mass is 16.1. The number of hydrogen-bond acceptors (Lipinski definition) is 1. The van der Waals surface area contributed by atoms with E-state index in [2.05, 4.69) is 10.3 Å². The molecule has 0 spiro atoms. The summed E-state index contributed by atoms with van der Waals surface area (Å²) in [5.74, 6) is 0. The summed E-state index contributed by atoms with van der Waals surface area (Å²) in [6.45, 7) is 0.577. The molecule has 1 heterocycles. The summed E-state index contributed by atoms with van der Waals surface area (Å²) in [7, 11) is 0. The molecular weight excluding hydrogens is 164 g/mol.